The van der Waals surface area contributed by atoms with Crippen LogP contribution in [0.3, 0.4) is 0 Å². The molecule has 0 unspecified atom stereocenters. The molecule has 1 aliphatic rings. The fourth-order valence-corrected chi connectivity index (χ4v) is 3.17. The Morgan fingerprint density at radius 2 is 2.05 bits per heavy atom. The summed E-state index contributed by atoms with van der Waals surface area (Å²) in [6.45, 7) is 3.36. The quantitative estimate of drug-likeness (QED) is 0.804. The minimum absolute atomic E-state index is 0.0682. The summed E-state index contributed by atoms with van der Waals surface area (Å²) in [6, 6.07) is 11.7. The van der Waals surface area contributed by atoms with Gasteiger partial charge >= 0.3 is 0 Å². The number of fused-ring (bicyclic) bond motifs is 1. The molecule has 0 aromatic heterocycles. The molecule has 0 aliphatic carbocycles. The van der Waals surface area contributed by atoms with E-state index in [4.69, 9.17) is 5.73 Å². The average molecular weight is 345 g/mol. The van der Waals surface area contributed by atoms with Gasteiger partial charge in [0.15, 0.2) is 0 Å². The summed E-state index contributed by atoms with van der Waals surface area (Å²) in [6.07, 6.45) is 0.880. The highest BCUT2D eigenvalue weighted by molar-refractivity contribution is 9.10. The van der Waals surface area contributed by atoms with Gasteiger partial charge in [-0.3, -0.25) is 4.79 Å². The zero-order chi connectivity index (χ0) is 15.0. The Hall–Kier alpha value is -1.81. The van der Waals surface area contributed by atoms with Crippen molar-refractivity contribution in [2.24, 2.45) is 0 Å². The van der Waals surface area contributed by atoms with Crippen LogP contribution in [0.25, 0.3) is 0 Å². The van der Waals surface area contributed by atoms with E-state index < -0.39 is 0 Å². The SMILES string of the molecule is Cc1cccc(C(=O)N2CCc3ccc(N)cc3C2)c1Br. The van der Waals surface area contributed by atoms with Crippen molar-refractivity contribution in [1.29, 1.82) is 0 Å². The second kappa shape index (κ2) is 5.53. The first kappa shape index (κ1) is 14.1. The molecular weight excluding hydrogens is 328 g/mol. The molecular formula is C17H17BrN2O. The Labute approximate surface area is 132 Å². The van der Waals surface area contributed by atoms with E-state index in [1.54, 1.807) is 0 Å². The number of carbonyl (C=O) groups excluding carboxylic acids is 1. The Balaban J connectivity index is 1.89. The highest BCUT2D eigenvalue weighted by Crippen LogP contribution is 2.26. The van der Waals surface area contributed by atoms with Crippen LogP contribution in [-0.2, 0) is 13.0 Å². The number of anilines is 1. The summed E-state index contributed by atoms with van der Waals surface area (Å²) in [7, 11) is 0. The normalized spacial score (nSPS) is 13.9. The molecule has 3 nitrogen and oxygen atoms in total. The molecule has 0 atom stereocenters. The van der Waals surface area contributed by atoms with E-state index in [0.29, 0.717) is 6.54 Å². The first-order valence-electron chi connectivity index (χ1n) is 6.98. The highest BCUT2D eigenvalue weighted by Gasteiger charge is 2.23. The second-order valence-corrected chi connectivity index (χ2v) is 6.23. The predicted octanol–water partition coefficient (Wildman–Crippen LogP) is 3.54. The van der Waals surface area contributed by atoms with E-state index in [1.807, 2.05) is 42.2 Å². The monoisotopic (exact) mass is 344 g/mol. The maximum atomic E-state index is 12.7. The lowest BCUT2D eigenvalue weighted by Crippen LogP contribution is -2.36. The maximum Gasteiger partial charge on any atom is 0.255 e. The van der Waals surface area contributed by atoms with Crippen molar-refractivity contribution in [1.82, 2.24) is 4.90 Å². The van der Waals surface area contributed by atoms with Crippen molar-refractivity contribution in [2.45, 2.75) is 19.9 Å². The number of aryl methyl sites for hydroxylation is 1. The molecule has 3 rings (SSSR count). The predicted molar refractivity (Wildman–Crippen MR) is 88.2 cm³/mol. The van der Waals surface area contributed by atoms with Gasteiger partial charge in [0.2, 0.25) is 0 Å². The molecule has 0 bridgehead atoms. The number of carbonyl (C=O) groups is 1. The summed E-state index contributed by atoms with van der Waals surface area (Å²) in [5, 5.41) is 0. The van der Waals surface area contributed by atoms with Crippen LogP contribution in [0.4, 0.5) is 5.69 Å². The molecule has 0 radical (unpaired) electrons. The molecule has 1 amide bonds. The topological polar surface area (TPSA) is 46.3 Å². The van der Waals surface area contributed by atoms with Crippen LogP contribution in [0.1, 0.15) is 27.0 Å². The van der Waals surface area contributed by atoms with Crippen LogP contribution in [0.5, 0.6) is 0 Å². The Bertz CT molecular complexity index is 712. The van der Waals surface area contributed by atoms with Crippen LogP contribution >= 0.6 is 15.9 Å². The van der Waals surface area contributed by atoms with E-state index in [9.17, 15) is 4.79 Å². The van der Waals surface area contributed by atoms with Gasteiger partial charge in [0.25, 0.3) is 5.91 Å². The smallest absolute Gasteiger partial charge is 0.255 e. The van der Waals surface area contributed by atoms with Crippen LogP contribution in [-0.4, -0.2) is 17.4 Å². The average Bonchev–Trinajstić information content (AvgIpc) is 2.48. The van der Waals surface area contributed by atoms with Crippen molar-refractivity contribution in [3.05, 3.63) is 63.1 Å². The van der Waals surface area contributed by atoms with Crippen LogP contribution in [0.2, 0.25) is 0 Å². The fraction of sp³-hybridized carbons (Fsp3) is 0.235. The van der Waals surface area contributed by atoms with Crippen molar-refractivity contribution >= 4 is 27.5 Å². The molecule has 0 spiro atoms. The third-order valence-electron chi connectivity index (χ3n) is 3.95. The molecule has 0 saturated heterocycles. The summed E-state index contributed by atoms with van der Waals surface area (Å²) >= 11 is 3.52. The largest absolute Gasteiger partial charge is 0.399 e. The van der Waals surface area contributed by atoms with E-state index in [0.717, 1.165) is 39.8 Å². The molecule has 2 N–H and O–H groups in total. The molecule has 21 heavy (non-hydrogen) atoms. The van der Waals surface area contributed by atoms with Gasteiger partial charge in [0.05, 0.1) is 5.56 Å². The molecule has 1 heterocycles. The Morgan fingerprint density at radius 1 is 1.24 bits per heavy atom. The van der Waals surface area contributed by atoms with Crippen LogP contribution in [0, 0.1) is 6.92 Å². The van der Waals surface area contributed by atoms with Crippen molar-refractivity contribution in [3.8, 4) is 0 Å². The third-order valence-corrected chi connectivity index (χ3v) is 5.00. The minimum atomic E-state index is 0.0682. The van der Waals surface area contributed by atoms with Gasteiger partial charge in [0.1, 0.15) is 0 Å². The number of hydrogen-bond donors (Lipinski definition) is 1. The van der Waals surface area contributed by atoms with E-state index >= 15 is 0 Å². The van der Waals surface area contributed by atoms with Gasteiger partial charge in [0, 0.05) is 23.2 Å². The summed E-state index contributed by atoms with van der Waals surface area (Å²) < 4.78 is 0.883. The number of nitrogens with two attached hydrogens (primary N) is 1. The summed E-state index contributed by atoms with van der Waals surface area (Å²) in [4.78, 5) is 14.6. The second-order valence-electron chi connectivity index (χ2n) is 5.44. The number of benzene rings is 2. The summed E-state index contributed by atoms with van der Waals surface area (Å²) in [5.41, 5.74) is 10.8. The van der Waals surface area contributed by atoms with Crippen molar-refractivity contribution in [3.63, 3.8) is 0 Å². The van der Waals surface area contributed by atoms with Crippen LogP contribution in [0.15, 0.2) is 40.9 Å². The van der Waals surface area contributed by atoms with Gasteiger partial charge in [-0.05, 0) is 64.2 Å². The summed E-state index contributed by atoms with van der Waals surface area (Å²) in [5.74, 6) is 0.0682. The lowest BCUT2D eigenvalue weighted by atomic mass is 9.98. The zero-order valence-corrected chi connectivity index (χ0v) is 13.5. The Kier molecular flexibility index (Phi) is 3.72. The standard InChI is InChI=1S/C17H17BrN2O/c1-11-3-2-4-15(16(11)18)17(21)20-8-7-12-5-6-14(19)9-13(12)10-20/h2-6,9H,7-8,10,19H2,1H3. The van der Waals surface area contributed by atoms with Crippen molar-refractivity contribution in [2.75, 3.05) is 12.3 Å². The number of nitrogen functional groups attached to an aromatic ring is 1. The molecule has 2 aromatic rings. The lowest BCUT2D eigenvalue weighted by Gasteiger charge is -2.29. The highest BCUT2D eigenvalue weighted by atomic mass is 79.9. The number of nitrogens with zero attached hydrogens (tertiary/aromatic N) is 1. The zero-order valence-electron chi connectivity index (χ0n) is 11.9. The van der Waals surface area contributed by atoms with E-state index in [-0.39, 0.29) is 5.91 Å². The molecule has 108 valence electrons. The third kappa shape index (κ3) is 2.68. The van der Waals surface area contributed by atoms with Gasteiger partial charge in [-0.25, -0.2) is 0 Å². The number of hydrogen-bond acceptors (Lipinski definition) is 2. The number of rotatable bonds is 1. The number of amides is 1. The Morgan fingerprint density at radius 3 is 2.86 bits per heavy atom. The molecule has 1 aliphatic heterocycles. The fourth-order valence-electron chi connectivity index (χ4n) is 2.73. The van der Waals surface area contributed by atoms with E-state index in [1.165, 1.54) is 5.56 Å². The van der Waals surface area contributed by atoms with Gasteiger partial charge in [-0.2, -0.15) is 0 Å². The minimum Gasteiger partial charge on any atom is -0.399 e. The molecule has 4 heteroatoms. The lowest BCUT2D eigenvalue weighted by molar-refractivity contribution is 0.0733. The van der Waals surface area contributed by atoms with E-state index in [2.05, 4.69) is 22.0 Å². The van der Waals surface area contributed by atoms with Crippen LogP contribution < -0.4 is 5.73 Å². The number of halogens is 1. The molecule has 2 aromatic carbocycles. The maximum absolute atomic E-state index is 12.7. The van der Waals surface area contributed by atoms with Gasteiger partial charge in [-0.1, -0.05) is 18.2 Å². The first-order chi connectivity index (χ1) is 10.1. The van der Waals surface area contributed by atoms with Crippen molar-refractivity contribution < 1.29 is 4.79 Å². The van der Waals surface area contributed by atoms with Gasteiger partial charge in [-0.15, -0.1) is 0 Å². The first-order valence-corrected chi connectivity index (χ1v) is 7.77. The molecule has 0 fully saturated rings. The van der Waals surface area contributed by atoms with Gasteiger partial charge < -0.3 is 10.6 Å². The molecule has 0 saturated carbocycles.